The highest BCUT2D eigenvalue weighted by atomic mass is 32.2. The molecule has 1 aliphatic heterocycles. The fourth-order valence-electron chi connectivity index (χ4n) is 3.42. The molecule has 30 heavy (non-hydrogen) atoms. The molecule has 0 aromatic heterocycles. The molecule has 1 N–H and O–H groups in total. The predicted molar refractivity (Wildman–Crippen MR) is 118 cm³/mol. The van der Waals surface area contributed by atoms with E-state index in [1.165, 1.54) is 5.56 Å². The van der Waals surface area contributed by atoms with Crippen molar-refractivity contribution in [3.8, 4) is 5.75 Å². The summed E-state index contributed by atoms with van der Waals surface area (Å²) in [6, 6.07) is 14.2. The Morgan fingerprint density at radius 3 is 2.23 bits per heavy atom. The van der Waals surface area contributed by atoms with Crippen LogP contribution in [0.15, 0.2) is 53.4 Å². The molecule has 2 aromatic carbocycles. The van der Waals surface area contributed by atoms with Crippen LogP contribution in [0.2, 0.25) is 0 Å². The maximum Gasteiger partial charge on any atom is 0.243 e. The topological polar surface area (TPSA) is 75.7 Å². The second kappa shape index (κ2) is 10.6. The average molecular weight is 431 g/mol. The van der Waals surface area contributed by atoms with Gasteiger partial charge < -0.3 is 10.1 Å². The van der Waals surface area contributed by atoms with Crippen LogP contribution in [0, 0.1) is 6.92 Å². The fourth-order valence-corrected chi connectivity index (χ4v) is 4.94. The van der Waals surface area contributed by atoms with E-state index in [9.17, 15) is 13.2 Å². The van der Waals surface area contributed by atoms with Gasteiger partial charge in [0.1, 0.15) is 5.75 Å². The van der Waals surface area contributed by atoms with Crippen molar-refractivity contribution in [3.05, 3.63) is 54.1 Å². The van der Waals surface area contributed by atoms with Crippen LogP contribution in [0.1, 0.15) is 44.1 Å². The van der Waals surface area contributed by atoms with Crippen molar-refractivity contribution in [1.82, 2.24) is 4.31 Å². The number of aryl methyl sites for hydroxylation is 1. The third kappa shape index (κ3) is 6.31. The number of sulfonamides is 1. The minimum absolute atomic E-state index is 0.120. The molecular weight excluding hydrogens is 400 g/mol. The Morgan fingerprint density at radius 1 is 0.967 bits per heavy atom. The Kier molecular flexibility index (Phi) is 7.87. The van der Waals surface area contributed by atoms with Crippen molar-refractivity contribution < 1.29 is 17.9 Å². The van der Waals surface area contributed by atoms with Gasteiger partial charge in [-0.25, -0.2) is 8.42 Å². The minimum Gasteiger partial charge on any atom is -0.494 e. The third-order valence-electron chi connectivity index (χ3n) is 5.18. The first-order valence-corrected chi connectivity index (χ1v) is 12.0. The van der Waals surface area contributed by atoms with Crippen LogP contribution in [-0.2, 0) is 14.8 Å². The molecular formula is C23H30N2O4S. The Labute approximate surface area is 179 Å². The van der Waals surface area contributed by atoms with E-state index in [0.717, 1.165) is 31.4 Å². The van der Waals surface area contributed by atoms with Crippen molar-refractivity contribution in [2.24, 2.45) is 0 Å². The zero-order valence-corrected chi connectivity index (χ0v) is 18.3. The first kappa shape index (κ1) is 22.3. The zero-order valence-electron chi connectivity index (χ0n) is 17.5. The van der Waals surface area contributed by atoms with E-state index in [-0.39, 0.29) is 10.8 Å². The van der Waals surface area contributed by atoms with E-state index in [1.54, 1.807) is 28.6 Å². The smallest absolute Gasteiger partial charge is 0.243 e. The maximum atomic E-state index is 12.8. The molecule has 6 nitrogen and oxygen atoms in total. The third-order valence-corrected chi connectivity index (χ3v) is 7.09. The quantitative estimate of drug-likeness (QED) is 0.632. The highest BCUT2D eigenvalue weighted by molar-refractivity contribution is 7.89. The van der Waals surface area contributed by atoms with Gasteiger partial charge in [-0.2, -0.15) is 4.31 Å². The highest BCUT2D eigenvalue weighted by Gasteiger charge is 2.24. The van der Waals surface area contributed by atoms with Gasteiger partial charge >= 0.3 is 0 Å². The first-order valence-electron chi connectivity index (χ1n) is 10.5. The summed E-state index contributed by atoms with van der Waals surface area (Å²) in [7, 11) is -3.47. The standard InChI is InChI=1S/C23H30N2O4S/c1-19-8-12-21(13-9-19)29-18-6-7-23(26)24-20-10-14-22(15-11-20)30(27,28)25-16-4-2-3-5-17-25/h8-15H,2-7,16-18H2,1H3,(H,24,26). The monoisotopic (exact) mass is 430 g/mol. The molecule has 2 aromatic rings. The molecule has 1 aliphatic rings. The number of carbonyl (C=O) groups is 1. The Balaban J connectivity index is 1.46. The summed E-state index contributed by atoms with van der Waals surface area (Å²) in [4.78, 5) is 12.4. The summed E-state index contributed by atoms with van der Waals surface area (Å²) in [6.45, 7) is 3.63. The van der Waals surface area contributed by atoms with E-state index in [2.05, 4.69) is 5.32 Å². The van der Waals surface area contributed by atoms with Crippen LogP contribution >= 0.6 is 0 Å². The lowest BCUT2D eigenvalue weighted by Crippen LogP contribution is -2.31. The molecule has 0 saturated carbocycles. The number of hydrogen-bond donors (Lipinski definition) is 1. The summed E-state index contributed by atoms with van der Waals surface area (Å²) in [6.07, 6.45) is 4.89. The van der Waals surface area contributed by atoms with Gasteiger partial charge in [0, 0.05) is 25.2 Å². The van der Waals surface area contributed by atoms with E-state index in [1.807, 2.05) is 31.2 Å². The summed E-state index contributed by atoms with van der Waals surface area (Å²) in [5.74, 6) is 0.674. The number of rotatable bonds is 8. The van der Waals surface area contributed by atoms with Crippen LogP contribution < -0.4 is 10.1 Å². The van der Waals surface area contributed by atoms with Gasteiger partial charge in [0.05, 0.1) is 11.5 Å². The van der Waals surface area contributed by atoms with Gasteiger partial charge in [-0.3, -0.25) is 4.79 Å². The molecule has 1 heterocycles. The Hall–Kier alpha value is -2.38. The second-order valence-electron chi connectivity index (χ2n) is 7.66. The molecule has 162 valence electrons. The molecule has 0 atom stereocenters. The van der Waals surface area contributed by atoms with Crippen molar-refractivity contribution in [2.45, 2.75) is 50.3 Å². The van der Waals surface area contributed by atoms with E-state index < -0.39 is 10.0 Å². The number of amides is 1. The normalized spacial score (nSPS) is 15.4. The van der Waals surface area contributed by atoms with Gasteiger partial charge in [0.15, 0.2) is 0 Å². The molecule has 0 bridgehead atoms. The van der Waals surface area contributed by atoms with Gasteiger partial charge in [-0.15, -0.1) is 0 Å². The van der Waals surface area contributed by atoms with Gasteiger partial charge in [-0.05, 0) is 62.6 Å². The van der Waals surface area contributed by atoms with E-state index in [4.69, 9.17) is 4.74 Å². The van der Waals surface area contributed by atoms with Crippen LogP contribution in [0.4, 0.5) is 5.69 Å². The van der Waals surface area contributed by atoms with Crippen LogP contribution in [0.25, 0.3) is 0 Å². The zero-order chi connectivity index (χ0) is 21.4. The lowest BCUT2D eigenvalue weighted by molar-refractivity contribution is -0.116. The molecule has 0 aliphatic carbocycles. The van der Waals surface area contributed by atoms with E-state index in [0.29, 0.717) is 38.2 Å². The number of nitrogens with zero attached hydrogens (tertiary/aromatic N) is 1. The summed E-state index contributed by atoms with van der Waals surface area (Å²) in [5, 5.41) is 2.81. The van der Waals surface area contributed by atoms with Crippen molar-refractivity contribution >= 4 is 21.6 Å². The van der Waals surface area contributed by atoms with Gasteiger partial charge in [-0.1, -0.05) is 30.5 Å². The molecule has 3 rings (SSSR count). The van der Waals surface area contributed by atoms with Gasteiger partial charge in [0.25, 0.3) is 0 Å². The summed E-state index contributed by atoms with van der Waals surface area (Å²) < 4.78 is 32.8. The van der Waals surface area contributed by atoms with Crippen molar-refractivity contribution in [3.63, 3.8) is 0 Å². The number of hydrogen-bond acceptors (Lipinski definition) is 4. The minimum atomic E-state index is -3.47. The fraction of sp³-hybridized carbons (Fsp3) is 0.435. The number of benzene rings is 2. The average Bonchev–Trinajstić information content (AvgIpc) is 3.03. The van der Waals surface area contributed by atoms with Crippen LogP contribution in [-0.4, -0.2) is 38.3 Å². The number of carbonyl (C=O) groups excluding carboxylic acids is 1. The molecule has 0 radical (unpaired) electrons. The Bertz CT molecular complexity index is 917. The molecule has 0 unspecified atom stereocenters. The second-order valence-corrected chi connectivity index (χ2v) is 9.59. The van der Waals surface area contributed by atoms with Crippen molar-refractivity contribution in [2.75, 3.05) is 25.0 Å². The molecule has 0 spiro atoms. The molecule has 1 amide bonds. The maximum absolute atomic E-state index is 12.8. The largest absolute Gasteiger partial charge is 0.494 e. The number of nitrogens with one attached hydrogen (secondary N) is 1. The predicted octanol–water partition coefficient (Wildman–Crippen LogP) is 4.36. The highest BCUT2D eigenvalue weighted by Crippen LogP contribution is 2.22. The SMILES string of the molecule is Cc1ccc(OCCCC(=O)Nc2ccc(S(=O)(=O)N3CCCCCC3)cc2)cc1. The lowest BCUT2D eigenvalue weighted by atomic mass is 10.2. The molecule has 7 heteroatoms. The molecule has 1 saturated heterocycles. The first-order chi connectivity index (χ1) is 14.4. The van der Waals surface area contributed by atoms with Crippen LogP contribution in [0.5, 0.6) is 5.75 Å². The number of ether oxygens (including phenoxy) is 1. The Morgan fingerprint density at radius 2 is 1.60 bits per heavy atom. The molecule has 1 fully saturated rings. The summed E-state index contributed by atoms with van der Waals surface area (Å²) in [5.41, 5.74) is 1.77. The van der Waals surface area contributed by atoms with E-state index >= 15 is 0 Å². The van der Waals surface area contributed by atoms with Crippen LogP contribution in [0.3, 0.4) is 0 Å². The lowest BCUT2D eigenvalue weighted by Gasteiger charge is -2.20. The number of anilines is 1. The van der Waals surface area contributed by atoms with Gasteiger partial charge in [0.2, 0.25) is 15.9 Å². The summed E-state index contributed by atoms with van der Waals surface area (Å²) >= 11 is 0. The van der Waals surface area contributed by atoms with Crippen molar-refractivity contribution in [1.29, 1.82) is 0 Å².